The number of nitrogens with zero attached hydrogens (tertiary/aromatic N) is 1. The third kappa shape index (κ3) is 2.60. The van der Waals surface area contributed by atoms with E-state index < -0.39 is 0 Å². The fourth-order valence-corrected chi connectivity index (χ4v) is 3.64. The second-order valence-corrected chi connectivity index (χ2v) is 6.58. The quantitative estimate of drug-likeness (QED) is 0.789. The first-order chi connectivity index (χ1) is 7.54. The summed E-state index contributed by atoms with van der Waals surface area (Å²) in [5.74, 6) is 0.847. The van der Waals surface area contributed by atoms with Crippen LogP contribution in [0.3, 0.4) is 0 Å². The fraction of sp³-hybridized carbons (Fsp3) is 1.00. The molecule has 2 atom stereocenters. The van der Waals surface area contributed by atoms with Crippen molar-refractivity contribution in [3.05, 3.63) is 0 Å². The van der Waals surface area contributed by atoms with Gasteiger partial charge >= 0.3 is 0 Å². The lowest BCUT2D eigenvalue weighted by Crippen LogP contribution is -2.51. The minimum atomic E-state index is 0.474. The van der Waals surface area contributed by atoms with Gasteiger partial charge in [0.05, 0.1) is 0 Å². The lowest BCUT2D eigenvalue weighted by molar-refractivity contribution is 0.0887. The number of hydrogen-bond donors (Lipinski definition) is 1. The summed E-state index contributed by atoms with van der Waals surface area (Å²) in [5, 5.41) is 3.58. The monoisotopic (exact) mass is 224 g/mol. The van der Waals surface area contributed by atoms with Gasteiger partial charge in [-0.2, -0.15) is 0 Å². The first-order valence-electron chi connectivity index (χ1n) is 6.92. The Balaban J connectivity index is 1.95. The molecule has 2 fully saturated rings. The molecule has 0 spiro atoms. The van der Waals surface area contributed by atoms with Crippen LogP contribution in [0.1, 0.15) is 46.0 Å². The average molecular weight is 224 g/mol. The molecule has 2 nitrogen and oxygen atoms in total. The van der Waals surface area contributed by atoms with Gasteiger partial charge < -0.3 is 10.2 Å². The van der Waals surface area contributed by atoms with Gasteiger partial charge in [-0.3, -0.25) is 0 Å². The van der Waals surface area contributed by atoms with Crippen molar-refractivity contribution >= 4 is 0 Å². The molecule has 0 bridgehead atoms. The van der Waals surface area contributed by atoms with Crippen molar-refractivity contribution in [1.82, 2.24) is 10.2 Å². The largest absolute Gasteiger partial charge is 0.316 e. The zero-order chi connectivity index (χ0) is 11.8. The number of hydrogen-bond acceptors (Lipinski definition) is 2. The zero-order valence-corrected chi connectivity index (χ0v) is 11.4. The fourth-order valence-electron chi connectivity index (χ4n) is 3.64. The Morgan fingerprint density at radius 2 is 1.94 bits per heavy atom. The normalized spacial score (nSPS) is 34.3. The Morgan fingerprint density at radius 1 is 1.25 bits per heavy atom. The van der Waals surface area contributed by atoms with E-state index in [0.29, 0.717) is 11.5 Å². The molecule has 2 unspecified atom stereocenters. The van der Waals surface area contributed by atoms with Crippen LogP contribution in [-0.4, -0.2) is 37.6 Å². The molecular weight excluding hydrogens is 196 g/mol. The molecule has 0 saturated heterocycles. The maximum atomic E-state index is 3.58. The summed E-state index contributed by atoms with van der Waals surface area (Å²) in [6.45, 7) is 6.15. The molecule has 0 aromatic carbocycles. The van der Waals surface area contributed by atoms with Gasteiger partial charge in [-0.15, -0.1) is 0 Å². The molecular formula is C14H28N2. The Hall–Kier alpha value is -0.0800. The molecule has 94 valence electrons. The summed E-state index contributed by atoms with van der Waals surface area (Å²) in [4.78, 5) is 2.59. The van der Waals surface area contributed by atoms with Crippen molar-refractivity contribution in [2.24, 2.45) is 11.3 Å². The standard InChI is InChI=1S/C14H28N2/c1-14(2)9-5-6-11(13(14)15-3)10-16(4)12-7-8-12/h11-13,15H,5-10H2,1-4H3. The molecule has 2 aliphatic rings. The van der Waals surface area contributed by atoms with Crippen LogP contribution in [0.25, 0.3) is 0 Å². The second kappa shape index (κ2) is 4.66. The van der Waals surface area contributed by atoms with E-state index in [1.54, 1.807) is 0 Å². The Morgan fingerprint density at radius 3 is 2.50 bits per heavy atom. The highest BCUT2D eigenvalue weighted by Crippen LogP contribution is 2.40. The van der Waals surface area contributed by atoms with E-state index in [1.165, 1.54) is 38.6 Å². The van der Waals surface area contributed by atoms with Gasteiger partial charge in [-0.1, -0.05) is 20.3 Å². The van der Waals surface area contributed by atoms with Crippen LogP contribution in [-0.2, 0) is 0 Å². The molecule has 0 amide bonds. The van der Waals surface area contributed by atoms with E-state index in [-0.39, 0.29) is 0 Å². The smallest absolute Gasteiger partial charge is 0.0156 e. The van der Waals surface area contributed by atoms with Gasteiger partial charge in [0.1, 0.15) is 0 Å². The van der Waals surface area contributed by atoms with Crippen molar-refractivity contribution in [3.63, 3.8) is 0 Å². The molecule has 2 heteroatoms. The van der Waals surface area contributed by atoms with E-state index in [2.05, 4.69) is 38.2 Å². The minimum Gasteiger partial charge on any atom is -0.316 e. The average Bonchev–Trinajstić information content (AvgIpc) is 2.99. The summed E-state index contributed by atoms with van der Waals surface area (Å²) in [6.07, 6.45) is 7.05. The van der Waals surface area contributed by atoms with Crippen LogP contribution in [0.15, 0.2) is 0 Å². The minimum absolute atomic E-state index is 0.474. The number of rotatable bonds is 4. The lowest BCUT2D eigenvalue weighted by Gasteiger charge is -2.45. The molecule has 16 heavy (non-hydrogen) atoms. The maximum Gasteiger partial charge on any atom is 0.0156 e. The first-order valence-corrected chi connectivity index (χ1v) is 6.92. The molecule has 0 aromatic rings. The van der Waals surface area contributed by atoms with Gasteiger partial charge in [-0.05, 0) is 51.1 Å². The maximum absolute atomic E-state index is 3.58. The van der Waals surface area contributed by atoms with Crippen LogP contribution < -0.4 is 5.32 Å². The van der Waals surface area contributed by atoms with Crippen molar-refractivity contribution in [2.75, 3.05) is 20.6 Å². The molecule has 0 aliphatic heterocycles. The summed E-state index contributed by atoms with van der Waals surface area (Å²) in [7, 11) is 4.45. The summed E-state index contributed by atoms with van der Waals surface area (Å²) < 4.78 is 0. The van der Waals surface area contributed by atoms with Crippen LogP contribution >= 0.6 is 0 Å². The van der Waals surface area contributed by atoms with Crippen LogP contribution in [0.5, 0.6) is 0 Å². The van der Waals surface area contributed by atoms with Crippen LogP contribution in [0, 0.1) is 11.3 Å². The summed E-state index contributed by atoms with van der Waals surface area (Å²) in [6, 6.07) is 1.60. The highest BCUT2D eigenvalue weighted by molar-refractivity contribution is 4.95. The summed E-state index contributed by atoms with van der Waals surface area (Å²) in [5.41, 5.74) is 0.474. The van der Waals surface area contributed by atoms with E-state index in [0.717, 1.165) is 12.0 Å². The van der Waals surface area contributed by atoms with Crippen LogP contribution in [0.2, 0.25) is 0 Å². The highest BCUT2D eigenvalue weighted by atomic mass is 15.2. The SMILES string of the molecule is CNC1C(CN(C)C2CC2)CCCC1(C)C. The van der Waals surface area contributed by atoms with Gasteiger partial charge in [0, 0.05) is 18.6 Å². The Labute approximate surface area is 101 Å². The molecule has 2 saturated carbocycles. The third-order valence-corrected chi connectivity index (χ3v) is 4.71. The predicted octanol–water partition coefficient (Wildman–Crippen LogP) is 2.49. The van der Waals surface area contributed by atoms with Gasteiger partial charge in [0.25, 0.3) is 0 Å². The zero-order valence-electron chi connectivity index (χ0n) is 11.4. The van der Waals surface area contributed by atoms with Crippen molar-refractivity contribution in [1.29, 1.82) is 0 Å². The van der Waals surface area contributed by atoms with Crippen molar-refractivity contribution in [2.45, 2.75) is 58.0 Å². The highest BCUT2D eigenvalue weighted by Gasteiger charge is 2.39. The second-order valence-electron chi connectivity index (χ2n) is 6.58. The molecule has 2 rings (SSSR count). The van der Waals surface area contributed by atoms with Crippen LogP contribution in [0.4, 0.5) is 0 Å². The molecule has 2 aliphatic carbocycles. The predicted molar refractivity (Wildman–Crippen MR) is 69.6 cm³/mol. The molecule has 1 N–H and O–H groups in total. The topological polar surface area (TPSA) is 15.3 Å². The first kappa shape index (κ1) is 12.4. The van der Waals surface area contributed by atoms with Gasteiger partial charge in [-0.25, -0.2) is 0 Å². The Kier molecular flexibility index (Phi) is 3.60. The summed E-state index contributed by atoms with van der Waals surface area (Å²) >= 11 is 0. The van der Waals surface area contributed by atoms with E-state index in [1.807, 2.05) is 0 Å². The van der Waals surface area contributed by atoms with E-state index in [9.17, 15) is 0 Å². The van der Waals surface area contributed by atoms with Crippen molar-refractivity contribution < 1.29 is 0 Å². The Bertz CT molecular complexity index is 233. The van der Waals surface area contributed by atoms with E-state index >= 15 is 0 Å². The number of nitrogens with one attached hydrogen (secondary N) is 1. The molecule has 0 heterocycles. The lowest BCUT2D eigenvalue weighted by atomic mass is 9.68. The third-order valence-electron chi connectivity index (χ3n) is 4.71. The van der Waals surface area contributed by atoms with Gasteiger partial charge in [0.2, 0.25) is 0 Å². The van der Waals surface area contributed by atoms with Gasteiger partial charge in [0.15, 0.2) is 0 Å². The molecule has 0 aromatic heterocycles. The molecule has 0 radical (unpaired) electrons. The van der Waals surface area contributed by atoms with Crippen molar-refractivity contribution in [3.8, 4) is 0 Å². The van der Waals surface area contributed by atoms with E-state index in [4.69, 9.17) is 0 Å².